The molecule has 2 N–H and O–H groups in total. The van der Waals surface area contributed by atoms with Gasteiger partial charge in [0, 0.05) is 6.42 Å². The van der Waals surface area contributed by atoms with Crippen molar-refractivity contribution in [1.29, 1.82) is 0 Å². The standard InChI is InChI=1S/C15H20N2O2/c18-15(13-6-3-4-8-16-13)17-10-12-9-11-5-1-2-7-14(11)19-12/h1-2,5,7,12-13,16H,3-4,6,8-10H2,(H,17,18). The molecule has 0 saturated carbocycles. The van der Waals surface area contributed by atoms with Crippen molar-refractivity contribution in [3.05, 3.63) is 29.8 Å². The van der Waals surface area contributed by atoms with Gasteiger partial charge in [-0.2, -0.15) is 0 Å². The number of para-hydroxylation sites is 1. The van der Waals surface area contributed by atoms with Crippen LogP contribution in [0.3, 0.4) is 0 Å². The number of ether oxygens (including phenoxy) is 1. The maximum atomic E-state index is 12.0. The minimum Gasteiger partial charge on any atom is -0.488 e. The van der Waals surface area contributed by atoms with Crippen molar-refractivity contribution in [3.63, 3.8) is 0 Å². The van der Waals surface area contributed by atoms with E-state index in [1.165, 1.54) is 12.0 Å². The minimum absolute atomic E-state index is 0.0162. The molecule has 19 heavy (non-hydrogen) atoms. The fraction of sp³-hybridized carbons (Fsp3) is 0.533. The van der Waals surface area contributed by atoms with Crippen molar-refractivity contribution in [2.45, 2.75) is 37.8 Å². The number of hydrogen-bond acceptors (Lipinski definition) is 3. The topological polar surface area (TPSA) is 50.4 Å². The predicted molar refractivity (Wildman–Crippen MR) is 73.2 cm³/mol. The van der Waals surface area contributed by atoms with Crippen LogP contribution in [-0.2, 0) is 11.2 Å². The van der Waals surface area contributed by atoms with Gasteiger partial charge in [0.25, 0.3) is 0 Å². The molecule has 1 aromatic rings. The van der Waals surface area contributed by atoms with Gasteiger partial charge in [-0.15, -0.1) is 0 Å². The van der Waals surface area contributed by atoms with E-state index in [1.54, 1.807) is 0 Å². The van der Waals surface area contributed by atoms with E-state index < -0.39 is 0 Å². The lowest BCUT2D eigenvalue weighted by molar-refractivity contribution is -0.124. The first-order valence-electron chi connectivity index (χ1n) is 7.08. The number of rotatable bonds is 3. The van der Waals surface area contributed by atoms with E-state index in [-0.39, 0.29) is 18.1 Å². The summed E-state index contributed by atoms with van der Waals surface area (Å²) in [5, 5.41) is 6.26. The third kappa shape index (κ3) is 2.89. The third-order valence-corrected chi connectivity index (χ3v) is 3.84. The highest BCUT2D eigenvalue weighted by molar-refractivity contribution is 5.81. The van der Waals surface area contributed by atoms with Gasteiger partial charge in [-0.1, -0.05) is 24.6 Å². The highest BCUT2D eigenvalue weighted by atomic mass is 16.5. The Bertz CT molecular complexity index is 430. The number of amides is 1. The van der Waals surface area contributed by atoms with Crippen LogP contribution in [0, 0.1) is 0 Å². The lowest BCUT2D eigenvalue weighted by Gasteiger charge is -2.23. The first-order valence-corrected chi connectivity index (χ1v) is 7.08. The van der Waals surface area contributed by atoms with Gasteiger partial charge in [0.1, 0.15) is 11.9 Å². The second kappa shape index (κ2) is 5.61. The van der Waals surface area contributed by atoms with Crippen molar-refractivity contribution in [3.8, 4) is 5.75 Å². The summed E-state index contributed by atoms with van der Waals surface area (Å²) < 4.78 is 5.81. The average Bonchev–Trinajstić information content (AvgIpc) is 2.88. The molecule has 4 nitrogen and oxygen atoms in total. The van der Waals surface area contributed by atoms with Crippen LogP contribution in [-0.4, -0.2) is 31.1 Å². The smallest absolute Gasteiger partial charge is 0.237 e. The first-order chi connectivity index (χ1) is 9.33. The van der Waals surface area contributed by atoms with Gasteiger partial charge in [-0.05, 0) is 31.0 Å². The summed E-state index contributed by atoms with van der Waals surface area (Å²) >= 11 is 0. The Morgan fingerprint density at radius 1 is 1.37 bits per heavy atom. The molecule has 0 aromatic heterocycles. The van der Waals surface area contributed by atoms with E-state index in [0.717, 1.165) is 31.6 Å². The molecule has 1 amide bonds. The molecule has 1 fully saturated rings. The van der Waals surface area contributed by atoms with Crippen molar-refractivity contribution < 1.29 is 9.53 Å². The number of piperidine rings is 1. The van der Waals surface area contributed by atoms with Gasteiger partial charge in [-0.3, -0.25) is 4.79 Å². The van der Waals surface area contributed by atoms with Crippen molar-refractivity contribution >= 4 is 5.91 Å². The molecule has 3 rings (SSSR count). The molecule has 0 bridgehead atoms. The number of fused-ring (bicyclic) bond motifs is 1. The van der Waals surface area contributed by atoms with Gasteiger partial charge in [0.15, 0.2) is 0 Å². The van der Waals surface area contributed by atoms with E-state index in [9.17, 15) is 4.79 Å². The lowest BCUT2D eigenvalue weighted by Crippen LogP contribution is -2.48. The van der Waals surface area contributed by atoms with Crippen LogP contribution in [0.1, 0.15) is 24.8 Å². The number of hydrogen-bond donors (Lipinski definition) is 2. The maximum absolute atomic E-state index is 12.0. The molecule has 2 heterocycles. The molecule has 2 unspecified atom stereocenters. The summed E-state index contributed by atoms with van der Waals surface area (Å²) in [6.07, 6.45) is 4.21. The predicted octanol–water partition coefficient (Wildman–Crippen LogP) is 1.25. The van der Waals surface area contributed by atoms with E-state index >= 15 is 0 Å². The fourth-order valence-corrected chi connectivity index (χ4v) is 2.78. The Kier molecular flexibility index (Phi) is 3.69. The van der Waals surface area contributed by atoms with Crippen molar-refractivity contribution in [2.75, 3.05) is 13.1 Å². The Balaban J connectivity index is 1.47. The highest BCUT2D eigenvalue weighted by Crippen LogP contribution is 2.27. The van der Waals surface area contributed by atoms with Crippen LogP contribution in [0.25, 0.3) is 0 Å². The van der Waals surface area contributed by atoms with Gasteiger partial charge in [-0.25, -0.2) is 0 Å². The first kappa shape index (κ1) is 12.5. The third-order valence-electron chi connectivity index (χ3n) is 3.84. The summed E-state index contributed by atoms with van der Waals surface area (Å²) in [7, 11) is 0. The highest BCUT2D eigenvalue weighted by Gasteiger charge is 2.25. The van der Waals surface area contributed by atoms with E-state index in [0.29, 0.717) is 6.54 Å². The van der Waals surface area contributed by atoms with Crippen LogP contribution in [0.2, 0.25) is 0 Å². The Morgan fingerprint density at radius 2 is 2.26 bits per heavy atom. The zero-order valence-corrected chi connectivity index (χ0v) is 11.0. The van der Waals surface area contributed by atoms with Crippen molar-refractivity contribution in [1.82, 2.24) is 10.6 Å². The quantitative estimate of drug-likeness (QED) is 0.860. The largest absolute Gasteiger partial charge is 0.488 e. The molecule has 1 aromatic carbocycles. The molecule has 1 saturated heterocycles. The number of carbonyl (C=O) groups excluding carboxylic acids is 1. The van der Waals surface area contributed by atoms with Gasteiger partial charge in [0.2, 0.25) is 5.91 Å². The monoisotopic (exact) mass is 260 g/mol. The number of nitrogens with one attached hydrogen (secondary N) is 2. The summed E-state index contributed by atoms with van der Waals surface area (Å²) in [6, 6.07) is 8.05. The molecule has 2 aliphatic rings. The Hall–Kier alpha value is -1.55. The SMILES string of the molecule is O=C(NCC1Cc2ccccc2O1)C1CCCCN1. The molecule has 0 radical (unpaired) electrons. The van der Waals surface area contributed by atoms with Gasteiger partial charge < -0.3 is 15.4 Å². The van der Waals surface area contributed by atoms with Gasteiger partial charge >= 0.3 is 0 Å². The summed E-state index contributed by atoms with van der Waals surface area (Å²) in [6.45, 7) is 1.54. The molecular formula is C15H20N2O2. The fourth-order valence-electron chi connectivity index (χ4n) is 2.78. The zero-order chi connectivity index (χ0) is 13.1. The lowest BCUT2D eigenvalue weighted by atomic mass is 10.0. The zero-order valence-electron chi connectivity index (χ0n) is 11.0. The average molecular weight is 260 g/mol. The molecule has 2 atom stereocenters. The van der Waals surface area contributed by atoms with Crippen LogP contribution in [0.4, 0.5) is 0 Å². The normalized spacial score (nSPS) is 25.5. The van der Waals surface area contributed by atoms with Crippen LogP contribution in [0.15, 0.2) is 24.3 Å². The minimum atomic E-state index is -0.0162. The van der Waals surface area contributed by atoms with E-state index in [1.807, 2.05) is 18.2 Å². The Morgan fingerprint density at radius 3 is 3.05 bits per heavy atom. The summed E-state index contributed by atoms with van der Waals surface area (Å²) in [4.78, 5) is 12.0. The Labute approximate surface area is 113 Å². The molecule has 2 aliphatic heterocycles. The number of carbonyl (C=O) groups is 1. The van der Waals surface area contributed by atoms with Crippen LogP contribution in [0.5, 0.6) is 5.75 Å². The van der Waals surface area contributed by atoms with Crippen molar-refractivity contribution in [2.24, 2.45) is 0 Å². The van der Waals surface area contributed by atoms with Crippen LogP contribution >= 0.6 is 0 Å². The summed E-state index contributed by atoms with van der Waals surface area (Å²) in [5.74, 6) is 1.07. The second-order valence-corrected chi connectivity index (χ2v) is 5.30. The molecule has 4 heteroatoms. The van der Waals surface area contributed by atoms with E-state index in [2.05, 4.69) is 16.7 Å². The molecule has 0 aliphatic carbocycles. The molecule has 102 valence electrons. The van der Waals surface area contributed by atoms with Gasteiger partial charge in [0.05, 0.1) is 12.6 Å². The summed E-state index contributed by atoms with van der Waals surface area (Å²) in [5.41, 5.74) is 1.23. The maximum Gasteiger partial charge on any atom is 0.237 e. The second-order valence-electron chi connectivity index (χ2n) is 5.30. The molecule has 0 spiro atoms. The van der Waals surface area contributed by atoms with Crippen LogP contribution < -0.4 is 15.4 Å². The van der Waals surface area contributed by atoms with E-state index in [4.69, 9.17) is 4.74 Å². The number of benzene rings is 1. The molecular weight excluding hydrogens is 240 g/mol.